The summed E-state index contributed by atoms with van der Waals surface area (Å²) in [5.41, 5.74) is 2.00. The largest absolute Gasteiger partial charge is 0.381 e. The Morgan fingerprint density at radius 2 is 2.38 bits per heavy atom. The van der Waals surface area contributed by atoms with Gasteiger partial charge in [-0.05, 0) is 53.6 Å². The molecule has 16 heavy (non-hydrogen) atoms. The van der Waals surface area contributed by atoms with Gasteiger partial charge in [0, 0.05) is 15.9 Å². The van der Waals surface area contributed by atoms with E-state index in [0.29, 0.717) is 13.2 Å². The average molecular weight is 331 g/mol. The van der Waals surface area contributed by atoms with E-state index in [-0.39, 0.29) is 11.8 Å². The highest BCUT2D eigenvalue weighted by atomic mass is 127. The predicted molar refractivity (Wildman–Crippen MR) is 71.5 cm³/mol. The summed E-state index contributed by atoms with van der Waals surface area (Å²) in [5.74, 6) is 0.0832. The quantitative estimate of drug-likeness (QED) is 0.846. The number of anilines is 1. The van der Waals surface area contributed by atoms with Crippen LogP contribution in [0.3, 0.4) is 0 Å². The van der Waals surface area contributed by atoms with E-state index in [2.05, 4.69) is 27.9 Å². The number of aryl methyl sites for hydroxylation is 1. The Morgan fingerprint density at radius 1 is 1.56 bits per heavy atom. The molecular formula is C12H14INO2. The van der Waals surface area contributed by atoms with Crippen LogP contribution in [0.5, 0.6) is 0 Å². The molecule has 86 valence electrons. The zero-order valence-corrected chi connectivity index (χ0v) is 11.3. The maximum absolute atomic E-state index is 11.9. The minimum Gasteiger partial charge on any atom is -0.381 e. The zero-order valence-electron chi connectivity index (χ0n) is 9.13. The number of amides is 1. The van der Waals surface area contributed by atoms with Gasteiger partial charge < -0.3 is 10.1 Å². The standard InChI is InChI=1S/C12H14INO2/c1-8-2-3-10(13)6-11(8)14-12(15)9-4-5-16-7-9/h2-3,6,9H,4-5,7H2,1H3,(H,14,15). The molecule has 1 amide bonds. The fourth-order valence-electron chi connectivity index (χ4n) is 1.70. The number of carbonyl (C=O) groups excluding carboxylic acids is 1. The first kappa shape index (κ1) is 11.9. The van der Waals surface area contributed by atoms with Crippen molar-refractivity contribution < 1.29 is 9.53 Å². The van der Waals surface area contributed by atoms with E-state index in [0.717, 1.165) is 21.2 Å². The Morgan fingerprint density at radius 3 is 3.06 bits per heavy atom. The highest BCUT2D eigenvalue weighted by Gasteiger charge is 2.23. The van der Waals surface area contributed by atoms with Gasteiger partial charge in [0.2, 0.25) is 5.91 Å². The second-order valence-corrected chi connectivity index (χ2v) is 5.25. The van der Waals surface area contributed by atoms with E-state index in [1.807, 2.05) is 25.1 Å². The van der Waals surface area contributed by atoms with Gasteiger partial charge in [-0.3, -0.25) is 4.79 Å². The van der Waals surface area contributed by atoms with Gasteiger partial charge in [0.05, 0.1) is 12.5 Å². The third-order valence-corrected chi connectivity index (χ3v) is 3.43. The van der Waals surface area contributed by atoms with Gasteiger partial charge in [0.25, 0.3) is 0 Å². The lowest BCUT2D eigenvalue weighted by atomic mass is 10.1. The first-order valence-corrected chi connectivity index (χ1v) is 6.39. The van der Waals surface area contributed by atoms with Crippen LogP contribution in [0.2, 0.25) is 0 Å². The van der Waals surface area contributed by atoms with Crippen molar-refractivity contribution in [2.45, 2.75) is 13.3 Å². The Bertz CT molecular complexity index is 400. The molecule has 4 heteroatoms. The number of halogens is 1. The van der Waals surface area contributed by atoms with Crippen molar-refractivity contribution in [2.75, 3.05) is 18.5 Å². The Kier molecular flexibility index (Phi) is 3.81. The van der Waals surface area contributed by atoms with Crippen LogP contribution in [0.15, 0.2) is 18.2 Å². The molecule has 1 saturated heterocycles. The van der Waals surface area contributed by atoms with Crippen LogP contribution in [-0.4, -0.2) is 19.1 Å². The van der Waals surface area contributed by atoms with Gasteiger partial charge in [-0.1, -0.05) is 6.07 Å². The third-order valence-electron chi connectivity index (χ3n) is 2.76. The lowest BCUT2D eigenvalue weighted by Gasteiger charge is -2.11. The van der Waals surface area contributed by atoms with Crippen LogP contribution in [0.1, 0.15) is 12.0 Å². The minimum absolute atomic E-state index is 0.0114. The van der Waals surface area contributed by atoms with E-state index in [4.69, 9.17) is 4.74 Å². The summed E-state index contributed by atoms with van der Waals surface area (Å²) in [6.45, 7) is 3.25. The summed E-state index contributed by atoms with van der Waals surface area (Å²) < 4.78 is 6.33. The van der Waals surface area contributed by atoms with Crippen LogP contribution < -0.4 is 5.32 Å². The maximum atomic E-state index is 11.9. The van der Waals surface area contributed by atoms with E-state index in [1.54, 1.807) is 0 Å². The summed E-state index contributed by atoms with van der Waals surface area (Å²) in [6.07, 6.45) is 0.828. The van der Waals surface area contributed by atoms with Crippen molar-refractivity contribution in [3.05, 3.63) is 27.3 Å². The molecule has 0 saturated carbocycles. The molecule has 1 N–H and O–H groups in total. The number of hydrogen-bond acceptors (Lipinski definition) is 2. The summed E-state index contributed by atoms with van der Waals surface area (Å²) in [4.78, 5) is 11.9. The molecule has 1 atom stereocenters. The number of benzene rings is 1. The van der Waals surface area contributed by atoms with Crippen molar-refractivity contribution in [1.82, 2.24) is 0 Å². The summed E-state index contributed by atoms with van der Waals surface area (Å²) in [5, 5.41) is 2.97. The molecule has 1 aliphatic rings. The monoisotopic (exact) mass is 331 g/mol. The number of carbonyl (C=O) groups is 1. The van der Waals surface area contributed by atoms with Crippen molar-refractivity contribution in [1.29, 1.82) is 0 Å². The van der Waals surface area contributed by atoms with Crippen LogP contribution in [0, 0.1) is 16.4 Å². The van der Waals surface area contributed by atoms with Gasteiger partial charge in [0.1, 0.15) is 0 Å². The molecule has 1 aromatic carbocycles. The fraction of sp³-hybridized carbons (Fsp3) is 0.417. The number of hydrogen-bond donors (Lipinski definition) is 1. The summed E-state index contributed by atoms with van der Waals surface area (Å²) in [6, 6.07) is 6.04. The predicted octanol–water partition coefficient (Wildman–Crippen LogP) is 2.57. The summed E-state index contributed by atoms with van der Waals surface area (Å²) >= 11 is 2.24. The SMILES string of the molecule is Cc1ccc(I)cc1NC(=O)C1CCOC1. The normalized spacial score (nSPS) is 19.8. The second-order valence-electron chi connectivity index (χ2n) is 4.01. The van der Waals surface area contributed by atoms with E-state index < -0.39 is 0 Å². The van der Waals surface area contributed by atoms with Crippen LogP contribution in [0.4, 0.5) is 5.69 Å². The van der Waals surface area contributed by atoms with Gasteiger partial charge in [0.15, 0.2) is 0 Å². The van der Waals surface area contributed by atoms with Gasteiger partial charge in [-0.25, -0.2) is 0 Å². The first-order chi connectivity index (χ1) is 7.66. The topological polar surface area (TPSA) is 38.3 Å². The minimum atomic E-state index is 0.0114. The van der Waals surface area contributed by atoms with Crippen molar-refractivity contribution in [2.24, 2.45) is 5.92 Å². The summed E-state index contributed by atoms with van der Waals surface area (Å²) in [7, 11) is 0. The molecule has 3 nitrogen and oxygen atoms in total. The van der Waals surface area contributed by atoms with Crippen LogP contribution in [0.25, 0.3) is 0 Å². The number of rotatable bonds is 2. The van der Waals surface area contributed by atoms with Gasteiger partial charge >= 0.3 is 0 Å². The van der Waals surface area contributed by atoms with Crippen LogP contribution >= 0.6 is 22.6 Å². The molecule has 1 fully saturated rings. The molecule has 0 aliphatic carbocycles. The van der Waals surface area contributed by atoms with Crippen molar-refractivity contribution >= 4 is 34.2 Å². The van der Waals surface area contributed by atoms with E-state index >= 15 is 0 Å². The molecule has 0 aromatic heterocycles. The van der Waals surface area contributed by atoms with Crippen molar-refractivity contribution in [3.8, 4) is 0 Å². The number of nitrogens with one attached hydrogen (secondary N) is 1. The fourth-order valence-corrected chi connectivity index (χ4v) is 2.20. The third kappa shape index (κ3) is 2.74. The molecule has 0 spiro atoms. The van der Waals surface area contributed by atoms with Gasteiger partial charge in [-0.2, -0.15) is 0 Å². The molecule has 1 heterocycles. The van der Waals surface area contributed by atoms with Crippen LogP contribution in [-0.2, 0) is 9.53 Å². The molecule has 1 aliphatic heterocycles. The van der Waals surface area contributed by atoms with E-state index in [9.17, 15) is 4.79 Å². The molecule has 0 bridgehead atoms. The molecule has 1 aromatic rings. The van der Waals surface area contributed by atoms with Crippen molar-refractivity contribution in [3.63, 3.8) is 0 Å². The van der Waals surface area contributed by atoms with Gasteiger partial charge in [-0.15, -0.1) is 0 Å². The number of ether oxygens (including phenoxy) is 1. The lowest BCUT2D eigenvalue weighted by Crippen LogP contribution is -2.23. The Balaban J connectivity index is 2.07. The van der Waals surface area contributed by atoms with E-state index in [1.165, 1.54) is 0 Å². The lowest BCUT2D eigenvalue weighted by molar-refractivity contribution is -0.119. The first-order valence-electron chi connectivity index (χ1n) is 5.31. The Hall–Kier alpha value is -0.620. The molecule has 1 unspecified atom stereocenters. The smallest absolute Gasteiger partial charge is 0.229 e. The maximum Gasteiger partial charge on any atom is 0.229 e. The molecule has 0 radical (unpaired) electrons. The molecular weight excluding hydrogens is 317 g/mol. The molecule has 2 rings (SSSR count). The zero-order chi connectivity index (χ0) is 11.5. The average Bonchev–Trinajstić information content (AvgIpc) is 2.76. The second kappa shape index (κ2) is 5.14. The Labute approximate surface area is 109 Å². The highest BCUT2D eigenvalue weighted by Crippen LogP contribution is 2.20. The highest BCUT2D eigenvalue weighted by molar-refractivity contribution is 14.1.